The molecule has 3 aromatic rings. The van der Waals surface area contributed by atoms with Crippen LogP contribution in [0.3, 0.4) is 0 Å². The second kappa shape index (κ2) is 6.92. The van der Waals surface area contributed by atoms with E-state index in [0.717, 1.165) is 12.1 Å². The summed E-state index contributed by atoms with van der Waals surface area (Å²) in [5, 5.41) is 9.87. The van der Waals surface area contributed by atoms with Crippen LogP contribution >= 0.6 is 11.6 Å². The topological polar surface area (TPSA) is 76.7 Å². The zero-order valence-electron chi connectivity index (χ0n) is 13.7. The summed E-state index contributed by atoms with van der Waals surface area (Å²) < 4.78 is 44.5. The minimum Gasteiger partial charge on any atom is -0.494 e. The van der Waals surface area contributed by atoms with Gasteiger partial charge in [0.1, 0.15) is 17.0 Å². The lowest BCUT2D eigenvalue weighted by molar-refractivity contribution is -0.140. The third-order valence-electron chi connectivity index (χ3n) is 3.67. The fraction of sp³-hybridized carbons (Fsp3) is 0.118. The number of methoxy groups -OCH3 is 1. The van der Waals surface area contributed by atoms with Crippen LogP contribution in [0.2, 0.25) is 5.02 Å². The van der Waals surface area contributed by atoms with Crippen molar-refractivity contribution in [1.82, 2.24) is 9.71 Å². The van der Waals surface area contributed by atoms with E-state index in [-0.39, 0.29) is 32.7 Å². The van der Waals surface area contributed by atoms with Gasteiger partial charge < -0.3 is 9.94 Å². The second-order valence-electron chi connectivity index (χ2n) is 5.35. The first-order valence-corrected chi connectivity index (χ1v) is 7.80. The molecule has 0 unspecified atom stereocenters. The molecule has 3 rings (SSSR count). The molecule has 0 saturated heterocycles. The highest BCUT2D eigenvalue weighted by Crippen LogP contribution is 2.33. The van der Waals surface area contributed by atoms with Crippen LogP contribution in [0, 0.1) is 0 Å². The molecule has 2 heterocycles. The standard InChI is InChI=1S/C17H11ClF3N3O3/c1-27-12-6-4-10(9-5-7-13(17(19,20)21)22-14(9)12)16(25)23-15-11(18)3-2-8-24(15)26/h2-8,26H,1H3. The smallest absolute Gasteiger partial charge is 0.433 e. The molecule has 1 aromatic carbocycles. The van der Waals surface area contributed by atoms with Crippen LogP contribution in [-0.4, -0.2) is 27.9 Å². The van der Waals surface area contributed by atoms with Gasteiger partial charge in [0.25, 0.3) is 5.91 Å². The van der Waals surface area contributed by atoms with E-state index in [1.807, 2.05) is 0 Å². The molecule has 0 aliphatic carbocycles. The molecule has 140 valence electrons. The van der Waals surface area contributed by atoms with Crippen LogP contribution < -0.4 is 10.2 Å². The van der Waals surface area contributed by atoms with Gasteiger partial charge in [0.05, 0.1) is 17.7 Å². The number of amides is 1. The Balaban J connectivity index is 2.22. The summed E-state index contributed by atoms with van der Waals surface area (Å²) in [6.45, 7) is 0. The minimum absolute atomic E-state index is 0.0173. The zero-order valence-corrected chi connectivity index (χ0v) is 14.4. The van der Waals surface area contributed by atoms with E-state index in [0.29, 0.717) is 4.73 Å². The van der Waals surface area contributed by atoms with Crippen molar-refractivity contribution in [2.45, 2.75) is 6.18 Å². The predicted octanol–water partition coefficient (Wildman–Crippen LogP) is 3.70. The van der Waals surface area contributed by atoms with E-state index >= 15 is 0 Å². The summed E-state index contributed by atoms with van der Waals surface area (Å²) in [5.41, 5.74) is -1.49. The summed E-state index contributed by atoms with van der Waals surface area (Å²) in [5.74, 6) is -0.747. The van der Waals surface area contributed by atoms with Crippen molar-refractivity contribution >= 4 is 28.4 Å². The maximum Gasteiger partial charge on any atom is 0.433 e. The molecule has 6 nitrogen and oxygen atoms in total. The monoisotopic (exact) mass is 397 g/mol. The number of aromatic nitrogens is 2. The van der Waals surface area contributed by atoms with E-state index < -0.39 is 17.8 Å². The Labute approximate surface area is 155 Å². The van der Waals surface area contributed by atoms with Gasteiger partial charge in [-0.3, -0.25) is 4.79 Å². The zero-order chi connectivity index (χ0) is 19.8. The first-order valence-electron chi connectivity index (χ1n) is 7.43. The van der Waals surface area contributed by atoms with Gasteiger partial charge in [-0.2, -0.15) is 22.9 Å². The molecule has 2 aromatic heterocycles. The van der Waals surface area contributed by atoms with E-state index in [1.165, 1.54) is 37.6 Å². The third kappa shape index (κ3) is 3.59. The lowest BCUT2D eigenvalue weighted by Crippen LogP contribution is -2.21. The number of alkyl halides is 3. The van der Waals surface area contributed by atoms with Gasteiger partial charge in [-0.05, 0) is 36.4 Å². The molecule has 0 saturated carbocycles. The summed E-state index contributed by atoms with van der Waals surface area (Å²) >= 11 is 5.91. The highest BCUT2D eigenvalue weighted by atomic mass is 35.5. The molecule has 1 N–H and O–H groups in total. The van der Waals surface area contributed by atoms with Gasteiger partial charge in [0.15, 0.2) is 5.49 Å². The lowest BCUT2D eigenvalue weighted by Gasteiger charge is -2.11. The van der Waals surface area contributed by atoms with Crippen molar-refractivity contribution in [2.24, 2.45) is 4.99 Å². The molecule has 0 radical (unpaired) electrons. The summed E-state index contributed by atoms with van der Waals surface area (Å²) in [6.07, 6.45) is -3.43. The van der Waals surface area contributed by atoms with Gasteiger partial charge in [0.2, 0.25) is 0 Å². The summed E-state index contributed by atoms with van der Waals surface area (Å²) in [7, 11) is 1.28. The van der Waals surface area contributed by atoms with Crippen molar-refractivity contribution in [2.75, 3.05) is 7.11 Å². The molecule has 10 heteroatoms. The Morgan fingerprint density at radius 2 is 2.00 bits per heavy atom. The number of pyridine rings is 2. The lowest BCUT2D eigenvalue weighted by atomic mass is 10.1. The van der Waals surface area contributed by atoms with Gasteiger partial charge in [-0.25, -0.2) is 4.98 Å². The second-order valence-corrected chi connectivity index (χ2v) is 5.75. The van der Waals surface area contributed by atoms with Gasteiger partial charge in [0, 0.05) is 11.6 Å². The number of ether oxygens (including phenoxy) is 1. The van der Waals surface area contributed by atoms with Crippen LogP contribution in [0.1, 0.15) is 16.1 Å². The number of fused-ring (bicyclic) bond motifs is 1. The number of hydrogen-bond donors (Lipinski definition) is 1. The number of benzene rings is 1. The maximum absolute atomic E-state index is 13.0. The van der Waals surface area contributed by atoms with Crippen LogP contribution in [-0.2, 0) is 6.18 Å². The molecule has 0 aliphatic heterocycles. The first kappa shape index (κ1) is 18.7. The normalized spacial score (nSPS) is 12.4. The van der Waals surface area contributed by atoms with Gasteiger partial charge in [-0.1, -0.05) is 11.6 Å². The first-order chi connectivity index (χ1) is 12.7. The van der Waals surface area contributed by atoms with Crippen LogP contribution in [0.15, 0.2) is 47.6 Å². The Bertz CT molecular complexity index is 1090. The molecular formula is C17H11ClF3N3O3. The van der Waals surface area contributed by atoms with E-state index in [4.69, 9.17) is 16.3 Å². The number of nitrogens with zero attached hydrogens (tertiary/aromatic N) is 3. The average molecular weight is 398 g/mol. The molecule has 0 atom stereocenters. The molecule has 0 aliphatic rings. The van der Waals surface area contributed by atoms with Gasteiger partial charge in [-0.15, -0.1) is 0 Å². The third-order valence-corrected chi connectivity index (χ3v) is 3.96. The quantitative estimate of drug-likeness (QED) is 0.669. The molecule has 0 spiro atoms. The maximum atomic E-state index is 13.0. The highest BCUT2D eigenvalue weighted by Gasteiger charge is 2.33. The average Bonchev–Trinajstić information content (AvgIpc) is 2.62. The number of halogens is 4. The largest absolute Gasteiger partial charge is 0.494 e. The number of hydrogen-bond acceptors (Lipinski definition) is 4. The predicted molar refractivity (Wildman–Crippen MR) is 89.8 cm³/mol. The van der Waals surface area contributed by atoms with Crippen molar-refractivity contribution in [3.8, 4) is 5.75 Å². The summed E-state index contributed by atoms with van der Waals surface area (Å²) in [6, 6.07) is 7.41. The van der Waals surface area contributed by atoms with Crippen LogP contribution in [0.5, 0.6) is 5.75 Å². The van der Waals surface area contributed by atoms with Crippen molar-refractivity contribution in [3.05, 3.63) is 64.4 Å². The molecular weight excluding hydrogens is 387 g/mol. The summed E-state index contributed by atoms with van der Waals surface area (Å²) in [4.78, 5) is 19.9. The molecule has 27 heavy (non-hydrogen) atoms. The minimum atomic E-state index is -4.65. The fourth-order valence-electron chi connectivity index (χ4n) is 2.43. The molecule has 0 bridgehead atoms. The number of carbonyl (C=O) groups is 1. The van der Waals surface area contributed by atoms with Crippen molar-refractivity contribution < 1.29 is 27.9 Å². The van der Waals surface area contributed by atoms with Crippen LogP contribution in [0.25, 0.3) is 10.9 Å². The van der Waals surface area contributed by atoms with Crippen molar-refractivity contribution in [3.63, 3.8) is 0 Å². The Hall–Kier alpha value is -3.07. The van der Waals surface area contributed by atoms with E-state index in [9.17, 15) is 23.2 Å². The Kier molecular flexibility index (Phi) is 4.79. The number of carbonyl (C=O) groups excluding carboxylic acids is 1. The van der Waals surface area contributed by atoms with E-state index in [1.54, 1.807) is 0 Å². The fourth-order valence-corrected chi connectivity index (χ4v) is 2.63. The Morgan fingerprint density at radius 3 is 2.63 bits per heavy atom. The molecule has 1 amide bonds. The Morgan fingerprint density at radius 1 is 1.26 bits per heavy atom. The van der Waals surface area contributed by atoms with Crippen LogP contribution in [0.4, 0.5) is 13.2 Å². The number of rotatable bonds is 2. The van der Waals surface area contributed by atoms with Crippen molar-refractivity contribution in [1.29, 1.82) is 0 Å². The van der Waals surface area contributed by atoms with E-state index in [2.05, 4.69) is 9.98 Å². The van der Waals surface area contributed by atoms with Gasteiger partial charge >= 0.3 is 6.18 Å². The molecule has 0 fully saturated rings. The SMILES string of the molecule is COc1ccc(C(=O)N=c2c(Cl)cccn2O)c2ccc(C(F)(F)F)nc12. The highest BCUT2D eigenvalue weighted by molar-refractivity contribution is 6.30.